The fourth-order valence-corrected chi connectivity index (χ4v) is 2.29. The van der Waals surface area contributed by atoms with Gasteiger partial charge in [0.1, 0.15) is 5.75 Å². The van der Waals surface area contributed by atoms with Gasteiger partial charge in [0.05, 0.1) is 18.5 Å². The average molecular weight is 322 g/mol. The van der Waals surface area contributed by atoms with Crippen LogP contribution in [0.15, 0.2) is 18.2 Å². The van der Waals surface area contributed by atoms with Crippen LogP contribution in [-0.4, -0.2) is 54.8 Å². The number of anilines is 2. The van der Waals surface area contributed by atoms with Gasteiger partial charge in [-0.3, -0.25) is 14.4 Å². The predicted octanol–water partition coefficient (Wildman–Crippen LogP) is 0.798. The maximum Gasteiger partial charge on any atom is 0.305 e. The zero-order valence-electron chi connectivity index (χ0n) is 12.7. The fourth-order valence-electron chi connectivity index (χ4n) is 2.29. The highest BCUT2D eigenvalue weighted by Crippen LogP contribution is 2.35. The molecular weight excluding hydrogens is 304 g/mol. The number of carbonyl (C=O) groups is 3. The zero-order chi connectivity index (χ0) is 17.0. The highest BCUT2D eigenvalue weighted by atomic mass is 16.5. The molecule has 124 valence electrons. The van der Waals surface area contributed by atoms with Gasteiger partial charge in [-0.1, -0.05) is 0 Å². The summed E-state index contributed by atoms with van der Waals surface area (Å²) in [5.74, 6) is -1.54. The second kappa shape index (κ2) is 6.99. The molecule has 1 aromatic rings. The molecular formula is C15H18N2O6. The number of likely N-dealkylation sites (N-methyl/N-ethyl adjacent to an activating group) is 1. The van der Waals surface area contributed by atoms with Crippen molar-refractivity contribution in [2.45, 2.75) is 12.8 Å². The average Bonchev–Trinajstić information content (AvgIpc) is 2.50. The Balaban J connectivity index is 2.25. The summed E-state index contributed by atoms with van der Waals surface area (Å²) >= 11 is 0. The van der Waals surface area contributed by atoms with Crippen molar-refractivity contribution in [2.24, 2.45) is 0 Å². The molecule has 23 heavy (non-hydrogen) atoms. The second-order valence-electron chi connectivity index (χ2n) is 5.17. The molecule has 2 rings (SSSR count). The summed E-state index contributed by atoms with van der Waals surface area (Å²) in [5.41, 5.74) is 1.23. The monoisotopic (exact) mass is 322 g/mol. The molecule has 1 aliphatic rings. The summed E-state index contributed by atoms with van der Waals surface area (Å²) in [6.07, 6.45) is -0.218. The van der Waals surface area contributed by atoms with Crippen LogP contribution in [0.2, 0.25) is 0 Å². The number of carbonyl (C=O) groups excluding carboxylic acids is 1. The smallest absolute Gasteiger partial charge is 0.305 e. The van der Waals surface area contributed by atoms with Crippen LogP contribution in [0, 0.1) is 0 Å². The normalized spacial score (nSPS) is 13.3. The van der Waals surface area contributed by atoms with Crippen LogP contribution < -0.4 is 14.5 Å². The summed E-state index contributed by atoms with van der Waals surface area (Å²) in [7, 11) is 1.63. The van der Waals surface area contributed by atoms with Crippen LogP contribution >= 0.6 is 0 Å². The summed E-state index contributed by atoms with van der Waals surface area (Å²) in [6.45, 7) is 0.338. The van der Waals surface area contributed by atoms with E-state index in [1.807, 2.05) is 0 Å². The molecule has 0 saturated heterocycles. The number of nitrogens with zero attached hydrogens (tertiary/aromatic N) is 2. The summed E-state index contributed by atoms with van der Waals surface area (Å²) in [6, 6.07) is 5.13. The number of aliphatic carboxylic acids is 2. The van der Waals surface area contributed by atoms with Crippen LogP contribution in [0.25, 0.3) is 0 Å². The van der Waals surface area contributed by atoms with Gasteiger partial charge in [-0.05, 0) is 18.2 Å². The van der Waals surface area contributed by atoms with Gasteiger partial charge >= 0.3 is 11.9 Å². The molecule has 0 atom stereocenters. The number of ether oxygens (including phenoxy) is 1. The summed E-state index contributed by atoms with van der Waals surface area (Å²) in [5, 5.41) is 17.7. The Hall–Kier alpha value is -2.77. The van der Waals surface area contributed by atoms with E-state index in [1.54, 1.807) is 30.1 Å². The molecule has 1 aromatic carbocycles. The molecule has 0 aromatic heterocycles. The van der Waals surface area contributed by atoms with Gasteiger partial charge in [0.25, 0.3) is 5.91 Å². The highest BCUT2D eigenvalue weighted by Gasteiger charge is 2.23. The third-order valence-electron chi connectivity index (χ3n) is 3.59. The van der Waals surface area contributed by atoms with E-state index >= 15 is 0 Å². The van der Waals surface area contributed by atoms with Gasteiger partial charge in [-0.2, -0.15) is 0 Å². The molecule has 1 heterocycles. The lowest BCUT2D eigenvalue weighted by atomic mass is 10.2. The van der Waals surface area contributed by atoms with Crippen molar-refractivity contribution in [3.05, 3.63) is 18.2 Å². The van der Waals surface area contributed by atoms with Gasteiger partial charge in [0.15, 0.2) is 6.61 Å². The fraction of sp³-hybridized carbons (Fsp3) is 0.400. The zero-order valence-corrected chi connectivity index (χ0v) is 12.7. The molecule has 8 nitrogen and oxygen atoms in total. The maximum absolute atomic E-state index is 11.7. The Morgan fingerprint density at radius 1 is 1.22 bits per heavy atom. The highest BCUT2D eigenvalue weighted by molar-refractivity contribution is 5.97. The van der Waals surface area contributed by atoms with Crippen molar-refractivity contribution in [3.8, 4) is 5.75 Å². The van der Waals surface area contributed by atoms with Crippen molar-refractivity contribution in [3.63, 3.8) is 0 Å². The Kier molecular flexibility index (Phi) is 5.05. The second-order valence-corrected chi connectivity index (χ2v) is 5.17. The van der Waals surface area contributed by atoms with Crippen LogP contribution in [-0.2, 0) is 14.4 Å². The van der Waals surface area contributed by atoms with Crippen molar-refractivity contribution in [1.82, 2.24) is 0 Å². The summed E-state index contributed by atoms with van der Waals surface area (Å²) < 4.78 is 5.34. The van der Waals surface area contributed by atoms with E-state index in [1.165, 1.54) is 4.90 Å². The third kappa shape index (κ3) is 4.12. The number of fused-ring (bicyclic) bond motifs is 1. The van der Waals surface area contributed by atoms with Crippen molar-refractivity contribution in [1.29, 1.82) is 0 Å². The first-order valence-corrected chi connectivity index (χ1v) is 7.10. The Labute approximate surface area is 132 Å². The minimum Gasteiger partial charge on any atom is -0.482 e. The molecule has 8 heteroatoms. The summed E-state index contributed by atoms with van der Waals surface area (Å²) in [4.78, 5) is 36.4. The Morgan fingerprint density at radius 2 is 1.83 bits per heavy atom. The van der Waals surface area contributed by atoms with Crippen LogP contribution in [0.5, 0.6) is 5.75 Å². The van der Waals surface area contributed by atoms with E-state index in [0.29, 0.717) is 17.1 Å². The van der Waals surface area contributed by atoms with Crippen LogP contribution in [0.1, 0.15) is 12.8 Å². The minimum atomic E-state index is -0.959. The van der Waals surface area contributed by atoms with Crippen molar-refractivity contribution >= 4 is 29.2 Å². The molecule has 1 aliphatic heterocycles. The maximum atomic E-state index is 11.7. The Morgan fingerprint density at radius 3 is 2.39 bits per heavy atom. The molecule has 0 radical (unpaired) electrons. The van der Waals surface area contributed by atoms with E-state index in [2.05, 4.69) is 0 Å². The van der Waals surface area contributed by atoms with Crippen LogP contribution in [0.3, 0.4) is 0 Å². The predicted molar refractivity (Wildman–Crippen MR) is 82.1 cm³/mol. The number of carboxylic acids is 2. The number of hydrogen-bond donors (Lipinski definition) is 2. The third-order valence-corrected chi connectivity index (χ3v) is 3.59. The lowest BCUT2D eigenvalue weighted by Gasteiger charge is -2.29. The molecule has 0 fully saturated rings. The lowest BCUT2D eigenvalue weighted by Crippen LogP contribution is -2.36. The van der Waals surface area contributed by atoms with Crippen molar-refractivity contribution in [2.75, 3.05) is 36.5 Å². The number of rotatable bonds is 7. The molecule has 1 amide bonds. The van der Waals surface area contributed by atoms with Crippen LogP contribution in [0.4, 0.5) is 11.4 Å². The molecule has 0 saturated carbocycles. The topological polar surface area (TPSA) is 107 Å². The first-order chi connectivity index (χ1) is 10.9. The number of benzene rings is 1. The first-order valence-electron chi connectivity index (χ1n) is 7.10. The quantitative estimate of drug-likeness (QED) is 0.764. The van der Waals surface area contributed by atoms with E-state index < -0.39 is 11.9 Å². The van der Waals surface area contributed by atoms with E-state index in [4.69, 9.17) is 14.9 Å². The lowest BCUT2D eigenvalue weighted by molar-refractivity contribution is -0.137. The van der Waals surface area contributed by atoms with Gasteiger partial charge in [-0.25, -0.2) is 0 Å². The van der Waals surface area contributed by atoms with E-state index in [9.17, 15) is 14.4 Å². The van der Waals surface area contributed by atoms with Gasteiger partial charge in [-0.15, -0.1) is 0 Å². The van der Waals surface area contributed by atoms with Gasteiger partial charge in [0.2, 0.25) is 0 Å². The molecule has 0 spiro atoms. The molecule has 2 N–H and O–H groups in total. The standard InChI is InChI=1S/C15H18N2O6/c1-16-11-8-10(2-3-12(11)23-9-13(16)18)17(6-4-14(19)20)7-5-15(21)22/h2-3,8H,4-7,9H2,1H3,(H,19,20)(H,21,22). The number of carboxylic acid groups (broad SMARTS) is 2. The SMILES string of the molecule is CN1C(=O)COc2ccc(N(CCC(=O)O)CCC(=O)O)cc21. The number of hydrogen-bond acceptors (Lipinski definition) is 5. The largest absolute Gasteiger partial charge is 0.482 e. The van der Waals surface area contributed by atoms with Crippen molar-refractivity contribution < 1.29 is 29.3 Å². The molecule has 0 bridgehead atoms. The Bertz CT molecular complexity index is 612. The van der Waals surface area contributed by atoms with Gasteiger partial charge < -0.3 is 24.7 Å². The minimum absolute atomic E-state index is 0.0232. The van der Waals surface area contributed by atoms with E-state index in [-0.39, 0.29) is 38.4 Å². The molecule has 0 aliphatic carbocycles. The first kappa shape index (κ1) is 16.6. The molecule has 0 unspecified atom stereocenters. The van der Waals surface area contributed by atoms with Gasteiger partial charge in [0, 0.05) is 25.8 Å². The number of amides is 1. The van der Waals surface area contributed by atoms with E-state index in [0.717, 1.165) is 0 Å².